The van der Waals surface area contributed by atoms with Crippen LogP contribution in [0.15, 0.2) is 48.5 Å². The van der Waals surface area contributed by atoms with E-state index in [1.807, 2.05) is 30.3 Å². The molecule has 0 fully saturated rings. The average molecular weight is 271 g/mol. The Bertz CT molecular complexity index is 596. The molecule has 4 heteroatoms. The molecule has 0 unspecified atom stereocenters. The van der Waals surface area contributed by atoms with E-state index in [0.717, 1.165) is 11.1 Å². The summed E-state index contributed by atoms with van der Waals surface area (Å²) in [5.74, 6) is -0.932. The van der Waals surface area contributed by atoms with E-state index in [-0.39, 0.29) is 5.56 Å². The van der Waals surface area contributed by atoms with Crippen LogP contribution in [0.3, 0.4) is 0 Å². The Morgan fingerprint density at radius 3 is 2.45 bits per heavy atom. The van der Waals surface area contributed by atoms with Crippen LogP contribution in [-0.2, 0) is 17.9 Å². The lowest BCUT2D eigenvalue weighted by molar-refractivity contribution is 0.0698. The topological polar surface area (TPSA) is 58.6 Å². The van der Waals surface area contributed by atoms with Crippen LogP contribution in [0.25, 0.3) is 0 Å². The number of methoxy groups -OCH3 is 1. The first kappa shape index (κ1) is 14.1. The highest BCUT2D eigenvalue weighted by atomic mass is 16.5. The normalized spacial score (nSPS) is 10.2. The predicted octanol–water partition coefficient (Wildman–Crippen LogP) is 3.14. The number of aromatic carboxylic acids is 1. The van der Waals surface area contributed by atoms with Crippen LogP contribution >= 0.6 is 0 Å². The first-order valence-corrected chi connectivity index (χ1v) is 6.34. The van der Waals surface area contributed by atoms with Crippen molar-refractivity contribution >= 4 is 11.7 Å². The molecular weight excluding hydrogens is 254 g/mol. The van der Waals surface area contributed by atoms with Gasteiger partial charge in [0.2, 0.25) is 0 Å². The van der Waals surface area contributed by atoms with Crippen LogP contribution in [0, 0.1) is 0 Å². The van der Waals surface area contributed by atoms with Gasteiger partial charge in [0, 0.05) is 19.3 Å². The highest BCUT2D eigenvalue weighted by Gasteiger charge is 2.09. The maximum atomic E-state index is 11.1. The molecule has 0 saturated carbocycles. The van der Waals surface area contributed by atoms with Gasteiger partial charge in [-0.05, 0) is 23.3 Å². The minimum Gasteiger partial charge on any atom is -0.478 e. The highest BCUT2D eigenvalue weighted by Crippen LogP contribution is 2.17. The highest BCUT2D eigenvalue weighted by molar-refractivity contribution is 5.94. The Hall–Kier alpha value is -2.33. The predicted molar refractivity (Wildman–Crippen MR) is 77.9 cm³/mol. The van der Waals surface area contributed by atoms with Gasteiger partial charge in [-0.1, -0.05) is 36.4 Å². The molecule has 0 saturated heterocycles. The van der Waals surface area contributed by atoms with Gasteiger partial charge in [0.1, 0.15) is 0 Å². The third kappa shape index (κ3) is 3.36. The summed E-state index contributed by atoms with van der Waals surface area (Å²) in [5.41, 5.74) is 3.08. The number of rotatable bonds is 6. The van der Waals surface area contributed by atoms with E-state index in [1.54, 1.807) is 25.3 Å². The fourth-order valence-corrected chi connectivity index (χ4v) is 2.04. The SMILES string of the molecule is COCc1ccccc1CNc1ccccc1C(=O)O. The van der Waals surface area contributed by atoms with Crippen molar-refractivity contribution in [3.8, 4) is 0 Å². The lowest BCUT2D eigenvalue weighted by atomic mass is 10.1. The van der Waals surface area contributed by atoms with E-state index in [9.17, 15) is 4.79 Å². The molecule has 0 atom stereocenters. The van der Waals surface area contributed by atoms with Crippen LogP contribution < -0.4 is 5.32 Å². The number of hydrogen-bond donors (Lipinski definition) is 2. The van der Waals surface area contributed by atoms with Gasteiger partial charge in [0.25, 0.3) is 0 Å². The number of carbonyl (C=O) groups is 1. The molecule has 0 aromatic heterocycles. The number of ether oxygens (including phenoxy) is 1. The quantitative estimate of drug-likeness (QED) is 0.847. The molecule has 0 radical (unpaired) electrons. The number of anilines is 1. The van der Waals surface area contributed by atoms with Crippen molar-refractivity contribution in [2.24, 2.45) is 0 Å². The van der Waals surface area contributed by atoms with Crippen LogP contribution in [0.2, 0.25) is 0 Å². The van der Waals surface area contributed by atoms with Gasteiger partial charge in [-0.15, -0.1) is 0 Å². The number of carboxylic acid groups (broad SMARTS) is 1. The van der Waals surface area contributed by atoms with Crippen molar-refractivity contribution in [2.45, 2.75) is 13.2 Å². The molecular formula is C16H17NO3. The van der Waals surface area contributed by atoms with E-state index in [0.29, 0.717) is 18.8 Å². The average Bonchev–Trinajstić information content (AvgIpc) is 2.47. The smallest absolute Gasteiger partial charge is 0.337 e. The van der Waals surface area contributed by atoms with Crippen molar-refractivity contribution in [3.05, 3.63) is 65.2 Å². The molecule has 20 heavy (non-hydrogen) atoms. The summed E-state index contributed by atoms with van der Waals surface area (Å²) in [6.07, 6.45) is 0. The monoisotopic (exact) mass is 271 g/mol. The molecule has 0 aliphatic heterocycles. The van der Waals surface area contributed by atoms with Gasteiger partial charge in [0.15, 0.2) is 0 Å². The molecule has 2 rings (SSSR count). The Morgan fingerprint density at radius 1 is 1.10 bits per heavy atom. The third-order valence-electron chi connectivity index (χ3n) is 3.04. The van der Waals surface area contributed by atoms with Crippen molar-refractivity contribution in [3.63, 3.8) is 0 Å². The minimum atomic E-state index is -0.932. The van der Waals surface area contributed by atoms with Gasteiger partial charge in [-0.2, -0.15) is 0 Å². The summed E-state index contributed by atoms with van der Waals surface area (Å²) in [6.45, 7) is 1.10. The van der Waals surface area contributed by atoms with E-state index in [1.165, 1.54) is 0 Å². The summed E-state index contributed by atoms with van der Waals surface area (Å²) >= 11 is 0. The van der Waals surface area contributed by atoms with E-state index in [2.05, 4.69) is 5.32 Å². The van der Waals surface area contributed by atoms with E-state index >= 15 is 0 Å². The van der Waals surface area contributed by atoms with Gasteiger partial charge >= 0.3 is 5.97 Å². The van der Waals surface area contributed by atoms with Gasteiger partial charge < -0.3 is 15.2 Å². The summed E-state index contributed by atoms with van der Waals surface area (Å²) < 4.78 is 5.16. The molecule has 0 bridgehead atoms. The van der Waals surface area contributed by atoms with Crippen molar-refractivity contribution in [2.75, 3.05) is 12.4 Å². The molecule has 0 aliphatic rings. The minimum absolute atomic E-state index is 0.275. The second-order valence-electron chi connectivity index (χ2n) is 4.41. The van der Waals surface area contributed by atoms with E-state index in [4.69, 9.17) is 9.84 Å². The first-order chi connectivity index (χ1) is 9.72. The molecule has 0 spiro atoms. The van der Waals surface area contributed by atoms with Crippen molar-refractivity contribution in [1.82, 2.24) is 0 Å². The fourth-order valence-electron chi connectivity index (χ4n) is 2.04. The number of carboxylic acids is 1. The standard InChI is InChI=1S/C16H17NO3/c1-20-11-13-7-3-2-6-12(13)10-17-15-9-5-4-8-14(15)16(18)19/h2-9,17H,10-11H2,1H3,(H,18,19). The van der Waals surface area contributed by atoms with Crippen molar-refractivity contribution < 1.29 is 14.6 Å². The molecule has 2 aromatic carbocycles. The summed E-state index contributed by atoms with van der Waals surface area (Å²) in [6, 6.07) is 14.8. The second-order valence-corrected chi connectivity index (χ2v) is 4.41. The lowest BCUT2D eigenvalue weighted by Gasteiger charge is -2.12. The number of nitrogens with one attached hydrogen (secondary N) is 1. The lowest BCUT2D eigenvalue weighted by Crippen LogP contribution is -2.07. The largest absolute Gasteiger partial charge is 0.478 e. The zero-order valence-electron chi connectivity index (χ0n) is 11.3. The summed E-state index contributed by atoms with van der Waals surface area (Å²) in [4.78, 5) is 11.1. The molecule has 104 valence electrons. The first-order valence-electron chi connectivity index (χ1n) is 6.34. The third-order valence-corrected chi connectivity index (χ3v) is 3.04. The molecule has 0 heterocycles. The fraction of sp³-hybridized carbons (Fsp3) is 0.188. The molecule has 2 aromatic rings. The molecule has 4 nitrogen and oxygen atoms in total. The molecule has 0 amide bonds. The van der Waals surface area contributed by atoms with Crippen molar-refractivity contribution in [1.29, 1.82) is 0 Å². The summed E-state index contributed by atoms with van der Waals surface area (Å²) in [5, 5.41) is 12.3. The van der Waals surface area contributed by atoms with Crippen LogP contribution in [0.1, 0.15) is 21.5 Å². The Balaban J connectivity index is 2.15. The number of benzene rings is 2. The van der Waals surface area contributed by atoms with Crippen LogP contribution in [0.5, 0.6) is 0 Å². The summed E-state index contributed by atoms with van der Waals surface area (Å²) in [7, 11) is 1.66. The molecule has 0 aliphatic carbocycles. The van der Waals surface area contributed by atoms with Gasteiger partial charge in [0.05, 0.1) is 12.2 Å². The van der Waals surface area contributed by atoms with Crippen LogP contribution in [-0.4, -0.2) is 18.2 Å². The maximum absolute atomic E-state index is 11.1. The molecule has 2 N–H and O–H groups in total. The maximum Gasteiger partial charge on any atom is 0.337 e. The Morgan fingerprint density at radius 2 is 1.75 bits per heavy atom. The zero-order chi connectivity index (χ0) is 14.4. The van der Waals surface area contributed by atoms with Gasteiger partial charge in [-0.25, -0.2) is 4.79 Å². The van der Waals surface area contributed by atoms with Gasteiger partial charge in [-0.3, -0.25) is 0 Å². The Labute approximate surface area is 118 Å². The zero-order valence-corrected chi connectivity index (χ0v) is 11.3. The number of para-hydroxylation sites is 1. The van der Waals surface area contributed by atoms with Crippen LogP contribution in [0.4, 0.5) is 5.69 Å². The Kier molecular flexibility index (Phi) is 4.74. The number of hydrogen-bond acceptors (Lipinski definition) is 3. The second kappa shape index (κ2) is 6.73. The van der Waals surface area contributed by atoms with E-state index < -0.39 is 5.97 Å².